The van der Waals surface area contributed by atoms with E-state index in [9.17, 15) is 43.2 Å². The SMILES string of the molecule is CCCCCCCCCCCCCCCCCCCCCC(=O)OC[C@H](COP(=O)(O)OC[C@@H](O)COP(=O)(O)OC[C@@H](COC(=O)CCCCCCCCCCCC)OC(=O)CCCCCCCCCCCCCCC)OC(=O)CCCCCCCCCCCCCCCCCCCCC(C)C. The molecule has 0 radical (unpaired) electrons. The number of phosphoric ester groups is 2. The maximum atomic E-state index is 13.1. The molecule has 612 valence electrons. The van der Waals surface area contributed by atoms with Crippen LogP contribution in [-0.2, 0) is 65.4 Å². The van der Waals surface area contributed by atoms with Crippen molar-refractivity contribution in [1.82, 2.24) is 0 Å². The van der Waals surface area contributed by atoms with E-state index in [1.165, 1.54) is 276 Å². The summed E-state index contributed by atoms with van der Waals surface area (Å²) in [6, 6.07) is 0. The summed E-state index contributed by atoms with van der Waals surface area (Å²) in [7, 11) is -9.92. The average molecular weight is 1510 g/mol. The van der Waals surface area contributed by atoms with Crippen LogP contribution in [0.5, 0.6) is 0 Å². The maximum absolute atomic E-state index is 13.1. The van der Waals surface area contributed by atoms with E-state index in [4.69, 9.17) is 37.0 Å². The number of hydrogen-bond donors (Lipinski definition) is 3. The molecule has 0 aromatic heterocycles. The average Bonchev–Trinajstić information content (AvgIpc) is 0.935. The molecule has 0 saturated carbocycles. The molecule has 0 bridgehead atoms. The van der Waals surface area contributed by atoms with Gasteiger partial charge in [0.05, 0.1) is 26.4 Å². The van der Waals surface area contributed by atoms with Crippen LogP contribution in [0, 0.1) is 5.92 Å². The summed E-state index contributed by atoms with van der Waals surface area (Å²) in [4.78, 5) is 73.1. The Kier molecular flexibility index (Phi) is 75.4. The van der Waals surface area contributed by atoms with Gasteiger partial charge in [-0.15, -0.1) is 0 Å². The van der Waals surface area contributed by atoms with Crippen LogP contribution in [0.2, 0.25) is 0 Å². The number of esters is 4. The van der Waals surface area contributed by atoms with E-state index in [1.807, 2.05) is 0 Å². The zero-order valence-electron chi connectivity index (χ0n) is 67.5. The van der Waals surface area contributed by atoms with Crippen LogP contribution in [0.15, 0.2) is 0 Å². The Morgan fingerprint density at radius 3 is 0.660 bits per heavy atom. The van der Waals surface area contributed by atoms with Crippen LogP contribution < -0.4 is 0 Å². The minimum atomic E-state index is -4.96. The Morgan fingerprint density at radius 2 is 0.447 bits per heavy atom. The van der Waals surface area contributed by atoms with E-state index in [0.717, 1.165) is 95.8 Å². The molecule has 0 saturated heterocycles. The van der Waals surface area contributed by atoms with E-state index in [0.29, 0.717) is 25.7 Å². The molecule has 103 heavy (non-hydrogen) atoms. The molecule has 0 fully saturated rings. The minimum absolute atomic E-state index is 0.108. The van der Waals surface area contributed by atoms with Gasteiger partial charge in [0, 0.05) is 25.7 Å². The molecule has 3 N–H and O–H groups in total. The van der Waals surface area contributed by atoms with Crippen molar-refractivity contribution in [3.8, 4) is 0 Å². The summed E-state index contributed by atoms with van der Waals surface area (Å²) in [6.07, 6.45) is 69.4. The van der Waals surface area contributed by atoms with Crippen molar-refractivity contribution in [3.05, 3.63) is 0 Å². The van der Waals surface area contributed by atoms with Gasteiger partial charge in [0.15, 0.2) is 12.2 Å². The van der Waals surface area contributed by atoms with Crippen molar-refractivity contribution in [3.63, 3.8) is 0 Å². The molecule has 5 atom stereocenters. The third kappa shape index (κ3) is 78.0. The number of aliphatic hydroxyl groups is 1. The maximum Gasteiger partial charge on any atom is 0.472 e. The number of carbonyl (C=O) groups is 4. The van der Waals surface area contributed by atoms with E-state index < -0.39 is 97.5 Å². The fourth-order valence-electron chi connectivity index (χ4n) is 13.1. The summed E-state index contributed by atoms with van der Waals surface area (Å²) in [5, 5.41) is 10.7. The second kappa shape index (κ2) is 76.8. The monoisotopic (exact) mass is 1510 g/mol. The van der Waals surface area contributed by atoms with Crippen molar-refractivity contribution in [2.24, 2.45) is 5.92 Å². The number of aliphatic hydroxyl groups excluding tert-OH is 1. The van der Waals surface area contributed by atoms with Gasteiger partial charge in [0.1, 0.15) is 19.3 Å². The third-order valence-electron chi connectivity index (χ3n) is 19.8. The van der Waals surface area contributed by atoms with Crippen molar-refractivity contribution in [2.45, 2.75) is 470 Å². The van der Waals surface area contributed by atoms with Crippen LogP contribution in [0.4, 0.5) is 0 Å². The lowest BCUT2D eigenvalue weighted by Crippen LogP contribution is -2.30. The predicted octanol–water partition coefficient (Wildman–Crippen LogP) is 25.6. The molecule has 0 amide bonds. The first-order valence-corrected chi connectivity index (χ1v) is 46.6. The summed E-state index contributed by atoms with van der Waals surface area (Å²) < 4.78 is 68.8. The summed E-state index contributed by atoms with van der Waals surface area (Å²) in [5.74, 6) is -1.28. The minimum Gasteiger partial charge on any atom is -0.462 e. The van der Waals surface area contributed by atoms with Crippen LogP contribution >= 0.6 is 15.6 Å². The molecule has 0 aromatic rings. The molecule has 0 heterocycles. The predicted molar refractivity (Wildman–Crippen MR) is 423 cm³/mol. The lowest BCUT2D eigenvalue weighted by atomic mass is 10.0. The molecular weight excluding hydrogens is 1340 g/mol. The van der Waals surface area contributed by atoms with Crippen molar-refractivity contribution >= 4 is 39.5 Å². The second-order valence-corrected chi connectivity index (χ2v) is 33.6. The van der Waals surface area contributed by atoms with Gasteiger partial charge >= 0.3 is 39.5 Å². The van der Waals surface area contributed by atoms with Crippen molar-refractivity contribution in [2.75, 3.05) is 39.6 Å². The lowest BCUT2D eigenvalue weighted by Gasteiger charge is -2.21. The van der Waals surface area contributed by atoms with Gasteiger partial charge in [-0.3, -0.25) is 37.3 Å². The van der Waals surface area contributed by atoms with E-state index in [2.05, 4.69) is 34.6 Å². The molecule has 0 rings (SSSR count). The Labute approximate surface area is 632 Å². The Hall–Kier alpha value is -1.94. The molecule has 0 aliphatic rings. The largest absolute Gasteiger partial charge is 0.472 e. The molecule has 0 aliphatic carbocycles. The normalized spacial score (nSPS) is 13.8. The van der Waals surface area contributed by atoms with Crippen molar-refractivity contribution in [1.29, 1.82) is 0 Å². The number of ether oxygens (including phenoxy) is 4. The van der Waals surface area contributed by atoms with Gasteiger partial charge in [-0.1, -0.05) is 401 Å². The Balaban J connectivity index is 5.21. The summed E-state index contributed by atoms with van der Waals surface area (Å²) >= 11 is 0. The molecular formula is C84H164O17P2. The van der Waals surface area contributed by atoms with Gasteiger partial charge in [-0.05, 0) is 31.6 Å². The highest BCUT2D eigenvalue weighted by Crippen LogP contribution is 2.45. The standard InChI is InChI=1S/C84H164O17P2/c1-6-9-12-15-18-21-24-26-27-28-29-33-36-40-43-48-53-58-63-68-82(87)95-74-80(101-84(89)70-65-60-55-50-45-41-37-34-31-30-32-35-39-42-46-51-56-61-66-77(4)5)76-99-103(92,93)97-72-78(85)71-96-102(90,91)98-75-79(73-94-81(86)67-62-57-52-47-23-20-17-14-11-8-3)100-83(88)69-64-59-54-49-44-38-25-22-19-16-13-10-7-2/h77-80,85H,6-76H2,1-5H3,(H,90,91)(H,92,93)/t78-,79+,80+/m0/s1. The third-order valence-corrected chi connectivity index (χ3v) is 21.7. The van der Waals surface area contributed by atoms with Crippen LogP contribution in [0.1, 0.15) is 452 Å². The van der Waals surface area contributed by atoms with Crippen molar-refractivity contribution < 1.29 is 80.2 Å². The quantitative estimate of drug-likeness (QED) is 0.0222. The van der Waals surface area contributed by atoms with Gasteiger partial charge < -0.3 is 33.8 Å². The number of carbonyl (C=O) groups excluding carboxylic acids is 4. The van der Waals surface area contributed by atoms with Crippen LogP contribution in [0.25, 0.3) is 0 Å². The fourth-order valence-corrected chi connectivity index (χ4v) is 14.7. The molecule has 0 spiro atoms. The van der Waals surface area contributed by atoms with E-state index in [1.54, 1.807) is 0 Å². The van der Waals surface area contributed by atoms with Gasteiger partial charge in [0.25, 0.3) is 0 Å². The van der Waals surface area contributed by atoms with E-state index >= 15 is 0 Å². The summed E-state index contributed by atoms with van der Waals surface area (Å²) in [6.45, 7) is 7.38. The fraction of sp³-hybridized carbons (Fsp3) is 0.952. The van der Waals surface area contributed by atoms with Gasteiger partial charge in [-0.25, -0.2) is 9.13 Å². The highest BCUT2D eigenvalue weighted by molar-refractivity contribution is 7.47. The highest BCUT2D eigenvalue weighted by Gasteiger charge is 2.30. The number of hydrogen-bond acceptors (Lipinski definition) is 15. The highest BCUT2D eigenvalue weighted by atomic mass is 31.2. The molecule has 19 heteroatoms. The first-order chi connectivity index (χ1) is 50.0. The van der Waals surface area contributed by atoms with Crippen LogP contribution in [-0.4, -0.2) is 96.7 Å². The van der Waals surface area contributed by atoms with Gasteiger partial charge in [0.2, 0.25) is 0 Å². The summed E-state index contributed by atoms with van der Waals surface area (Å²) in [5.41, 5.74) is 0. The second-order valence-electron chi connectivity index (χ2n) is 30.7. The Morgan fingerprint density at radius 1 is 0.262 bits per heavy atom. The van der Waals surface area contributed by atoms with E-state index in [-0.39, 0.29) is 25.7 Å². The number of unbranched alkanes of at least 4 members (excludes halogenated alkanes) is 56. The Bertz CT molecular complexity index is 1960. The lowest BCUT2D eigenvalue weighted by molar-refractivity contribution is -0.161. The molecule has 0 aromatic carbocycles. The number of rotatable bonds is 84. The van der Waals surface area contributed by atoms with Gasteiger partial charge in [-0.2, -0.15) is 0 Å². The first-order valence-electron chi connectivity index (χ1n) is 43.6. The number of phosphoric acid groups is 2. The zero-order valence-corrected chi connectivity index (χ0v) is 69.3. The zero-order chi connectivity index (χ0) is 75.5. The first kappa shape index (κ1) is 101. The molecule has 2 unspecified atom stereocenters. The molecule has 0 aliphatic heterocycles. The smallest absolute Gasteiger partial charge is 0.462 e. The van der Waals surface area contributed by atoms with Crippen LogP contribution in [0.3, 0.4) is 0 Å². The topological polar surface area (TPSA) is 237 Å². The molecule has 17 nitrogen and oxygen atoms in total.